The predicted molar refractivity (Wildman–Crippen MR) is 73.5 cm³/mol. The lowest BCUT2D eigenvalue weighted by Crippen LogP contribution is -2.02. The summed E-state index contributed by atoms with van der Waals surface area (Å²) in [5, 5.41) is 12.2. The van der Waals surface area contributed by atoms with Gasteiger partial charge in [0.2, 0.25) is 5.95 Å². The highest BCUT2D eigenvalue weighted by molar-refractivity contribution is 6.30. The zero-order valence-electron chi connectivity index (χ0n) is 10.5. The lowest BCUT2D eigenvalue weighted by molar-refractivity contribution is 0.624. The largest absolute Gasteiger partial charge is 0.324 e. The van der Waals surface area contributed by atoms with Crippen LogP contribution in [0.1, 0.15) is 23.2 Å². The molecule has 1 heterocycles. The zero-order valence-corrected chi connectivity index (χ0v) is 11.2. The van der Waals surface area contributed by atoms with Crippen molar-refractivity contribution in [3.63, 3.8) is 0 Å². The van der Waals surface area contributed by atoms with E-state index in [9.17, 15) is 4.39 Å². The molecule has 0 saturated heterocycles. The summed E-state index contributed by atoms with van der Waals surface area (Å²) in [7, 11) is 0. The normalized spacial score (nSPS) is 12.8. The fourth-order valence-electron chi connectivity index (χ4n) is 2.26. The van der Waals surface area contributed by atoms with Gasteiger partial charge in [-0.25, -0.2) is 14.4 Å². The Hall–Kier alpha value is -2.19. The Morgan fingerprint density at radius 2 is 2.15 bits per heavy atom. The number of nitrogens with one attached hydrogen (secondary N) is 1. The van der Waals surface area contributed by atoms with E-state index in [1.807, 2.05) is 0 Å². The molecule has 3 rings (SSSR count). The third-order valence-electron chi connectivity index (χ3n) is 3.23. The first-order valence-corrected chi connectivity index (χ1v) is 6.57. The number of fused-ring (bicyclic) bond motifs is 1. The van der Waals surface area contributed by atoms with E-state index in [1.54, 1.807) is 6.07 Å². The van der Waals surface area contributed by atoms with E-state index in [2.05, 4.69) is 15.3 Å². The average molecular weight is 289 g/mol. The summed E-state index contributed by atoms with van der Waals surface area (Å²) in [5.41, 5.74) is 2.49. The van der Waals surface area contributed by atoms with Crippen LogP contribution in [0.25, 0.3) is 0 Å². The van der Waals surface area contributed by atoms with Crippen molar-refractivity contribution in [2.45, 2.75) is 19.3 Å². The summed E-state index contributed by atoms with van der Waals surface area (Å²) >= 11 is 6.12. The van der Waals surface area contributed by atoms with Crippen LogP contribution in [0, 0.1) is 17.1 Å². The standard InChI is InChI=1S/C14H10ClFN4/c15-13-10-2-1-3-12(10)19-14(20-13)18-9-4-5-11(16)8(6-9)7-17/h4-6H,1-3H2,(H,18,19,20). The van der Waals surface area contributed by atoms with Crippen LogP contribution in [0.3, 0.4) is 0 Å². The van der Waals surface area contributed by atoms with Crippen molar-refractivity contribution >= 4 is 23.2 Å². The molecule has 0 amide bonds. The summed E-state index contributed by atoms with van der Waals surface area (Å²) in [5.74, 6) is -0.183. The van der Waals surface area contributed by atoms with Crippen molar-refractivity contribution in [3.05, 3.63) is 46.0 Å². The SMILES string of the molecule is N#Cc1cc(Nc2nc(Cl)c3c(n2)CCC3)ccc1F. The van der Waals surface area contributed by atoms with E-state index < -0.39 is 5.82 Å². The number of aryl methyl sites for hydroxylation is 1. The predicted octanol–water partition coefficient (Wildman–Crippen LogP) is 3.37. The first-order valence-electron chi connectivity index (χ1n) is 6.19. The van der Waals surface area contributed by atoms with Crippen LogP contribution in [0.2, 0.25) is 5.15 Å². The van der Waals surface area contributed by atoms with Crippen LogP contribution in [0.4, 0.5) is 16.0 Å². The summed E-state index contributed by atoms with van der Waals surface area (Å²) < 4.78 is 13.3. The topological polar surface area (TPSA) is 61.6 Å². The van der Waals surface area contributed by atoms with E-state index in [0.29, 0.717) is 16.8 Å². The second-order valence-electron chi connectivity index (χ2n) is 4.55. The maximum Gasteiger partial charge on any atom is 0.228 e. The number of rotatable bonds is 2. The number of benzene rings is 1. The minimum Gasteiger partial charge on any atom is -0.324 e. The molecule has 1 aromatic carbocycles. The van der Waals surface area contributed by atoms with Gasteiger partial charge in [0.25, 0.3) is 0 Å². The van der Waals surface area contributed by atoms with Crippen molar-refractivity contribution in [1.82, 2.24) is 9.97 Å². The molecule has 0 saturated carbocycles. The monoisotopic (exact) mass is 288 g/mol. The van der Waals surface area contributed by atoms with Gasteiger partial charge in [-0.15, -0.1) is 0 Å². The van der Waals surface area contributed by atoms with Gasteiger partial charge in [-0.2, -0.15) is 5.26 Å². The van der Waals surface area contributed by atoms with Crippen molar-refractivity contribution in [3.8, 4) is 6.07 Å². The van der Waals surface area contributed by atoms with E-state index in [0.717, 1.165) is 30.5 Å². The zero-order chi connectivity index (χ0) is 14.1. The van der Waals surface area contributed by atoms with Gasteiger partial charge in [-0.3, -0.25) is 0 Å². The third-order valence-corrected chi connectivity index (χ3v) is 3.54. The van der Waals surface area contributed by atoms with Gasteiger partial charge in [-0.05, 0) is 37.5 Å². The summed E-state index contributed by atoms with van der Waals surface area (Å²) in [4.78, 5) is 8.59. The minimum absolute atomic E-state index is 0.0257. The van der Waals surface area contributed by atoms with Crippen LogP contribution in [0.5, 0.6) is 0 Å². The summed E-state index contributed by atoms with van der Waals surface area (Å²) in [6, 6.07) is 5.97. The Kier molecular flexibility index (Phi) is 3.25. The minimum atomic E-state index is -0.550. The van der Waals surface area contributed by atoms with Gasteiger partial charge in [0.1, 0.15) is 17.0 Å². The van der Waals surface area contributed by atoms with Gasteiger partial charge in [0.15, 0.2) is 0 Å². The molecule has 0 atom stereocenters. The van der Waals surface area contributed by atoms with Crippen molar-refractivity contribution in [1.29, 1.82) is 5.26 Å². The Bertz CT molecular complexity index is 724. The molecule has 1 aliphatic carbocycles. The molecule has 2 aromatic rings. The molecule has 4 nitrogen and oxygen atoms in total. The molecular formula is C14H10ClFN4. The number of nitrogens with zero attached hydrogens (tertiary/aromatic N) is 3. The molecule has 0 aliphatic heterocycles. The Morgan fingerprint density at radius 3 is 2.95 bits per heavy atom. The Labute approximate surface area is 120 Å². The van der Waals surface area contributed by atoms with Crippen LogP contribution in [-0.4, -0.2) is 9.97 Å². The smallest absolute Gasteiger partial charge is 0.228 e. The van der Waals surface area contributed by atoms with Crippen LogP contribution < -0.4 is 5.32 Å². The second-order valence-corrected chi connectivity index (χ2v) is 4.91. The van der Waals surface area contributed by atoms with Gasteiger partial charge in [-0.1, -0.05) is 11.6 Å². The fraction of sp³-hybridized carbons (Fsp3) is 0.214. The van der Waals surface area contributed by atoms with Crippen molar-refractivity contribution in [2.24, 2.45) is 0 Å². The highest BCUT2D eigenvalue weighted by Crippen LogP contribution is 2.28. The highest BCUT2D eigenvalue weighted by Gasteiger charge is 2.18. The molecule has 100 valence electrons. The molecule has 0 fully saturated rings. The molecule has 1 N–H and O–H groups in total. The van der Waals surface area contributed by atoms with E-state index >= 15 is 0 Å². The molecule has 1 aromatic heterocycles. The first kappa shape index (κ1) is 12.8. The summed E-state index contributed by atoms with van der Waals surface area (Å²) in [6.45, 7) is 0. The van der Waals surface area contributed by atoms with Crippen LogP contribution in [0.15, 0.2) is 18.2 Å². The fourth-order valence-corrected chi connectivity index (χ4v) is 2.54. The maximum atomic E-state index is 13.3. The Morgan fingerprint density at radius 1 is 1.30 bits per heavy atom. The maximum absolute atomic E-state index is 13.3. The molecular weight excluding hydrogens is 279 g/mol. The van der Waals surface area contributed by atoms with Gasteiger partial charge < -0.3 is 5.32 Å². The van der Waals surface area contributed by atoms with E-state index in [1.165, 1.54) is 18.2 Å². The van der Waals surface area contributed by atoms with E-state index in [4.69, 9.17) is 16.9 Å². The molecule has 0 bridgehead atoms. The van der Waals surface area contributed by atoms with Gasteiger partial charge in [0.05, 0.1) is 11.3 Å². The molecule has 1 aliphatic rings. The average Bonchev–Trinajstić information content (AvgIpc) is 2.90. The van der Waals surface area contributed by atoms with Crippen molar-refractivity contribution < 1.29 is 4.39 Å². The third kappa shape index (κ3) is 2.30. The molecule has 6 heteroatoms. The lowest BCUT2D eigenvalue weighted by Gasteiger charge is -2.08. The number of hydrogen-bond acceptors (Lipinski definition) is 4. The van der Waals surface area contributed by atoms with Crippen molar-refractivity contribution in [2.75, 3.05) is 5.32 Å². The van der Waals surface area contributed by atoms with Crippen LogP contribution in [-0.2, 0) is 12.8 Å². The molecule has 0 unspecified atom stereocenters. The second kappa shape index (κ2) is 5.06. The van der Waals surface area contributed by atoms with E-state index in [-0.39, 0.29) is 5.56 Å². The summed E-state index contributed by atoms with van der Waals surface area (Å²) in [6.07, 6.45) is 2.82. The Balaban J connectivity index is 1.92. The molecule has 0 spiro atoms. The number of halogens is 2. The first-order chi connectivity index (χ1) is 9.67. The molecule has 20 heavy (non-hydrogen) atoms. The quantitative estimate of drug-likeness (QED) is 0.861. The number of aromatic nitrogens is 2. The van der Waals surface area contributed by atoms with Gasteiger partial charge >= 0.3 is 0 Å². The number of nitriles is 1. The number of hydrogen-bond donors (Lipinski definition) is 1. The highest BCUT2D eigenvalue weighted by atomic mass is 35.5. The van der Waals surface area contributed by atoms with Crippen LogP contribution >= 0.6 is 11.6 Å². The lowest BCUT2D eigenvalue weighted by atomic mass is 10.2. The number of anilines is 2. The van der Waals surface area contributed by atoms with Gasteiger partial charge in [0, 0.05) is 11.3 Å². The molecule has 0 radical (unpaired) electrons.